The van der Waals surface area contributed by atoms with Gasteiger partial charge in [-0.05, 0) is 46.6 Å². The summed E-state index contributed by atoms with van der Waals surface area (Å²) in [7, 11) is 0. The van der Waals surface area contributed by atoms with Gasteiger partial charge in [0, 0.05) is 39.4 Å². The Morgan fingerprint density at radius 3 is 2.62 bits per heavy atom. The number of halogens is 1. The molecule has 0 aliphatic rings. The van der Waals surface area contributed by atoms with E-state index in [9.17, 15) is 4.79 Å². The first-order valence-corrected chi connectivity index (χ1v) is 8.62. The summed E-state index contributed by atoms with van der Waals surface area (Å²) in [5, 5.41) is 8.45. The van der Waals surface area contributed by atoms with Crippen molar-refractivity contribution >= 4 is 38.9 Å². The van der Waals surface area contributed by atoms with Gasteiger partial charge < -0.3 is 10.6 Å². The van der Waals surface area contributed by atoms with Crippen molar-refractivity contribution in [3.63, 3.8) is 0 Å². The van der Waals surface area contributed by atoms with E-state index < -0.39 is 0 Å². The molecule has 2 rings (SSSR count). The van der Waals surface area contributed by atoms with Crippen LogP contribution in [0, 0.1) is 0 Å². The highest BCUT2D eigenvalue weighted by atomic mass is 79.9. The predicted molar refractivity (Wildman–Crippen MR) is 92.6 cm³/mol. The maximum Gasteiger partial charge on any atom is 0.224 e. The van der Waals surface area contributed by atoms with E-state index in [2.05, 4.69) is 44.9 Å². The quantitative estimate of drug-likeness (QED) is 0.776. The van der Waals surface area contributed by atoms with Crippen molar-refractivity contribution in [3.05, 3.63) is 50.6 Å². The topological polar surface area (TPSA) is 41.1 Å². The van der Waals surface area contributed by atoms with Crippen LogP contribution in [0.25, 0.3) is 0 Å². The molecule has 5 heteroatoms. The zero-order chi connectivity index (χ0) is 15.2. The van der Waals surface area contributed by atoms with Crippen LogP contribution in [-0.2, 0) is 11.3 Å². The molecule has 0 fully saturated rings. The highest BCUT2D eigenvalue weighted by Gasteiger charge is 2.06. The van der Waals surface area contributed by atoms with Crippen molar-refractivity contribution < 1.29 is 4.79 Å². The van der Waals surface area contributed by atoms with E-state index in [1.54, 1.807) is 11.3 Å². The van der Waals surface area contributed by atoms with Crippen LogP contribution >= 0.6 is 27.3 Å². The van der Waals surface area contributed by atoms with Gasteiger partial charge >= 0.3 is 0 Å². The molecular weight excluding hydrogens is 348 g/mol. The van der Waals surface area contributed by atoms with E-state index in [1.807, 2.05) is 31.2 Å². The Labute approximate surface area is 137 Å². The maximum absolute atomic E-state index is 11.3. The van der Waals surface area contributed by atoms with Crippen molar-refractivity contribution in [2.75, 3.05) is 5.32 Å². The predicted octanol–water partition coefficient (Wildman–Crippen LogP) is 4.71. The normalized spacial score (nSPS) is 12.1. The Bertz CT molecular complexity index is 595. The van der Waals surface area contributed by atoms with Gasteiger partial charge in [-0.25, -0.2) is 0 Å². The van der Waals surface area contributed by atoms with Gasteiger partial charge in [-0.1, -0.05) is 19.1 Å². The third kappa shape index (κ3) is 4.95. The molecule has 1 amide bonds. The van der Waals surface area contributed by atoms with Crippen LogP contribution in [0.4, 0.5) is 5.69 Å². The standard InChI is InChI=1S/C16H19BrN2OS/c1-3-16(20)19-14-6-4-12(5-7-14)11(2)18-9-15-8-13(17)10-21-15/h4-8,10-11,18H,3,9H2,1-2H3,(H,19,20)/t11-/m0/s1. The molecule has 112 valence electrons. The Balaban J connectivity index is 1.90. The molecule has 1 aromatic heterocycles. The zero-order valence-electron chi connectivity index (χ0n) is 12.2. The number of hydrogen-bond acceptors (Lipinski definition) is 3. The fourth-order valence-corrected chi connectivity index (χ4v) is 3.32. The maximum atomic E-state index is 11.3. The van der Waals surface area contributed by atoms with Crippen molar-refractivity contribution in [1.82, 2.24) is 5.32 Å². The average Bonchev–Trinajstić information content (AvgIpc) is 2.91. The molecule has 2 aromatic rings. The zero-order valence-corrected chi connectivity index (χ0v) is 14.6. The van der Waals surface area contributed by atoms with Crippen LogP contribution < -0.4 is 10.6 Å². The van der Waals surface area contributed by atoms with Gasteiger partial charge in [-0.2, -0.15) is 0 Å². The molecule has 1 atom stereocenters. The molecule has 0 unspecified atom stereocenters. The van der Waals surface area contributed by atoms with Crippen LogP contribution in [0.15, 0.2) is 40.2 Å². The van der Waals surface area contributed by atoms with Crippen LogP contribution in [0.5, 0.6) is 0 Å². The molecule has 2 N–H and O–H groups in total. The lowest BCUT2D eigenvalue weighted by atomic mass is 10.1. The second kappa shape index (κ2) is 7.73. The van der Waals surface area contributed by atoms with E-state index in [4.69, 9.17) is 0 Å². The third-order valence-corrected chi connectivity index (χ3v) is 4.92. The number of carbonyl (C=O) groups is 1. The summed E-state index contributed by atoms with van der Waals surface area (Å²) in [6, 6.07) is 10.4. The number of carbonyl (C=O) groups excluding carboxylic acids is 1. The molecule has 0 saturated carbocycles. The Hall–Kier alpha value is -1.17. The summed E-state index contributed by atoms with van der Waals surface area (Å²) < 4.78 is 1.13. The second-order valence-electron chi connectivity index (χ2n) is 4.86. The first kappa shape index (κ1) is 16.2. The molecule has 0 saturated heterocycles. The largest absolute Gasteiger partial charge is 0.326 e. The highest BCUT2D eigenvalue weighted by molar-refractivity contribution is 9.10. The summed E-state index contributed by atoms with van der Waals surface area (Å²) in [5.74, 6) is 0.0391. The van der Waals surface area contributed by atoms with Gasteiger partial charge in [0.1, 0.15) is 0 Å². The number of benzene rings is 1. The SMILES string of the molecule is CCC(=O)Nc1ccc([C@H](C)NCc2cc(Br)cs2)cc1. The van der Waals surface area contributed by atoms with Crippen molar-refractivity contribution in [2.45, 2.75) is 32.9 Å². The second-order valence-corrected chi connectivity index (χ2v) is 6.77. The lowest BCUT2D eigenvalue weighted by molar-refractivity contribution is -0.115. The van der Waals surface area contributed by atoms with Gasteiger partial charge in [0.2, 0.25) is 5.91 Å². The van der Waals surface area contributed by atoms with Crippen LogP contribution in [0.2, 0.25) is 0 Å². The lowest BCUT2D eigenvalue weighted by Crippen LogP contribution is -2.17. The molecule has 0 radical (unpaired) electrons. The van der Waals surface area contributed by atoms with Gasteiger partial charge in [-0.3, -0.25) is 4.79 Å². The van der Waals surface area contributed by atoms with Crippen LogP contribution in [0.1, 0.15) is 36.8 Å². The molecule has 0 bridgehead atoms. The summed E-state index contributed by atoms with van der Waals surface area (Å²) in [6.07, 6.45) is 0.496. The molecule has 0 spiro atoms. The first-order valence-electron chi connectivity index (χ1n) is 6.94. The number of anilines is 1. The fourth-order valence-electron chi connectivity index (χ4n) is 1.92. The van der Waals surface area contributed by atoms with Crippen molar-refractivity contribution in [1.29, 1.82) is 0 Å². The third-order valence-electron chi connectivity index (χ3n) is 3.22. The van der Waals surface area contributed by atoms with Gasteiger partial charge in [0.05, 0.1) is 0 Å². The number of amides is 1. The number of nitrogens with one attached hydrogen (secondary N) is 2. The van der Waals surface area contributed by atoms with E-state index in [-0.39, 0.29) is 11.9 Å². The molecular formula is C16H19BrN2OS. The van der Waals surface area contributed by atoms with E-state index >= 15 is 0 Å². The molecule has 21 heavy (non-hydrogen) atoms. The molecule has 1 aromatic carbocycles. The Kier molecular flexibility index (Phi) is 5.96. The first-order chi connectivity index (χ1) is 10.1. The minimum atomic E-state index is 0.0391. The Morgan fingerprint density at radius 1 is 1.33 bits per heavy atom. The summed E-state index contributed by atoms with van der Waals surface area (Å²) in [4.78, 5) is 12.6. The molecule has 1 heterocycles. The van der Waals surface area contributed by atoms with E-state index in [0.29, 0.717) is 6.42 Å². The Morgan fingerprint density at radius 2 is 2.05 bits per heavy atom. The molecule has 0 aliphatic heterocycles. The minimum absolute atomic E-state index is 0.0391. The minimum Gasteiger partial charge on any atom is -0.326 e. The van der Waals surface area contributed by atoms with Crippen LogP contribution in [0.3, 0.4) is 0 Å². The van der Waals surface area contributed by atoms with Gasteiger partial charge in [-0.15, -0.1) is 11.3 Å². The lowest BCUT2D eigenvalue weighted by Gasteiger charge is -2.14. The molecule has 0 aliphatic carbocycles. The smallest absolute Gasteiger partial charge is 0.224 e. The number of rotatable bonds is 6. The summed E-state index contributed by atoms with van der Waals surface area (Å²) in [5.41, 5.74) is 2.06. The summed E-state index contributed by atoms with van der Waals surface area (Å²) >= 11 is 5.21. The van der Waals surface area contributed by atoms with Crippen molar-refractivity contribution in [3.8, 4) is 0 Å². The van der Waals surface area contributed by atoms with Crippen molar-refractivity contribution in [2.24, 2.45) is 0 Å². The summed E-state index contributed by atoms with van der Waals surface area (Å²) in [6.45, 7) is 4.84. The van der Waals surface area contributed by atoms with Gasteiger partial charge in [0.15, 0.2) is 0 Å². The molecule has 3 nitrogen and oxygen atoms in total. The fraction of sp³-hybridized carbons (Fsp3) is 0.312. The monoisotopic (exact) mass is 366 g/mol. The highest BCUT2D eigenvalue weighted by Crippen LogP contribution is 2.21. The van der Waals surface area contributed by atoms with Crippen LogP contribution in [-0.4, -0.2) is 5.91 Å². The van der Waals surface area contributed by atoms with E-state index in [1.165, 1.54) is 10.4 Å². The van der Waals surface area contributed by atoms with Gasteiger partial charge in [0.25, 0.3) is 0 Å². The number of thiophene rings is 1. The van der Waals surface area contributed by atoms with E-state index in [0.717, 1.165) is 16.7 Å². The average molecular weight is 367 g/mol. The number of hydrogen-bond donors (Lipinski definition) is 2.